The van der Waals surface area contributed by atoms with Gasteiger partial charge in [-0.1, -0.05) is 11.6 Å². The summed E-state index contributed by atoms with van der Waals surface area (Å²) in [6, 6.07) is 6.73. The number of thiophene rings is 1. The summed E-state index contributed by atoms with van der Waals surface area (Å²) < 4.78 is 33.6. The molecule has 0 radical (unpaired) electrons. The van der Waals surface area contributed by atoms with Crippen molar-refractivity contribution in [2.45, 2.75) is 16.7 Å². The summed E-state index contributed by atoms with van der Waals surface area (Å²) in [4.78, 5) is 3.99. The van der Waals surface area contributed by atoms with Gasteiger partial charge in [0.25, 0.3) is 0 Å². The lowest BCUT2D eigenvalue weighted by Gasteiger charge is -2.18. The lowest BCUT2D eigenvalue weighted by Crippen LogP contribution is -2.40. The summed E-state index contributed by atoms with van der Waals surface area (Å²) in [5.41, 5.74) is 1.12. The smallest absolute Gasteiger partial charge is 0.250 e. The van der Waals surface area contributed by atoms with Crippen molar-refractivity contribution >= 4 is 33.0 Å². The van der Waals surface area contributed by atoms with Crippen LogP contribution in [0.3, 0.4) is 0 Å². The minimum Gasteiger partial charge on any atom is -0.379 e. The minimum absolute atomic E-state index is 0.104. The molecule has 0 amide bonds. The summed E-state index contributed by atoms with van der Waals surface area (Å²) in [6.07, 6.45) is 4.22. The number of nitrogens with one attached hydrogen (secondary N) is 1. The van der Waals surface area contributed by atoms with Gasteiger partial charge in [0.05, 0.1) is 23.6 Å². The zero-order chi connectivity index (χ0) is 15.6. The molecule has 0 aliphatic carbocycles. The van der Waals surface area contributed by atoms with Crippen LogP contribution in [0.4, 0.5) is 0 Å². The zero-order valence-corrected chi connectivity index (χ0v) is 14.0. The molecular formula is C14H15ClN2O3S2. The normalized spacial score (nSPS) is 22.0. The van der Waals surface area contributed by atoms with Crippen LogP contribution in [0.2, 0.25) is 4.34 Å². The number of nitrogens with zero attached hydrogens (tertiary/aromatic N) is 1. The highest BCUT2D eigenvalue weighted by molar-refractivity contribution is 7.91. The average Bonchev–Trinajstić information content (AvgIpc) is 3.10. The van der Waals surface area contributed by atoms with Gasteiger partial charge in [0, 0.05) is 18.3 Å². The molecule has 0 saturated carbocycles. The lowest BCUT2D eigenvalue weighted by atomic mass is 9.96. The first kappa shape index (κ1) is 15.9. The first-order valence-corrected chi connectivity index (χ1v) is 9.47. The summed E-state index contributed by atoms with van der Waals surface area (Å²) in [7, 11) is -3.56. The zero-order valence-electron chi connectivity index (χ0n) is 11.6. The van der Waals surface area contributed by atoms with E-state index in [2.05, 4.69) is 9.71 Å². The Hall–Kier alpha value is -0.990. The molecule has 1 N–H and O–H groups in total. The molecule has 1 fully saturated rings. The second-order valence-corrected chi connectivity index (χ2v) is 8.80. The van der Waals surface area contributed by atoms with Crippen molar-refractivity contribution in [3.8, 4) is 0 Å². The number of ether oxygens (including phenoxy) is 1. The number of aromatic nitrogens is 1. The van der Waals surface area contributed by atoms with Crippen molar-refractivity contribution < 1.29 is 13.2 Å². The minimum atomic E-state index is -3.56. The number of rotatable bonds is 5. The van der Waals surface area contributed by atoms with Crippen LogP contribution in [-0.2, 0) is 21.2 Å². The Bertz CT molecular complexity index is 734. The first-order valence-electron chi connectivity index (χ1n) is 6.79. The fraction of sp³-hybridized carbons (Fsp3) is 0.357. The molecule has 2 atom stereocenters. The molecule has 8 heteroatoms. The Kier molecular flexibility index (Phi) is 4.79. The molecule has 2 aromatic heterocycles. The van der Waals surface area contributed by atoms with E-state index in [0.717, 1.165) is 23.3 Å². The van der Waals surface area contributed by atoms with Gasteiger partial charge in [-0.05, 0) is 36.2 Å². The molecule has 3 rings (SSSR count). The van der Waals surface area contributed by atoms with Crippen molar-refractivity contribution in [2.75, 3.05) is 13.2 Å². The van der Waals surface area contributed by atoms with Gasteiger partial charge < -0.3 is 4.74 Å². The van der Waals surface area contributed by atoms with E-state index in [1.54, 1.807) is 18.5 Å². The van der Waals surface area contributed by atoms with Gasteiger partial charge >= 0.3 is 0 Å². The van der Waals surface area contributed by atoms with Crippen molar-refractivity contribution in [1.82, 2.24) is 9.71 Å². The predicted octanol–water partition coefficient (Wildman–Crippen LogP) is 2.33. The number of sulfonamides is 1. The molecule has 0 aromatic carbocycles. The number of halogens is 1. The summed E-state index contributed by atoms with van der Waals surface area (Å²) in [5, 5.41) is 0. The topological polar surface area (TPSA) is 68.3 Å². The maximum Gasteiger partial charge on any atom is 0.250 e. The second kappa shape index (κ2) is 6.64. The molecule has 2 aromatic rings. The standard InChI is InChI=1S/C14H15ClN2O3S2/c15-13-1-2-14(21-13)22(18,19)17-12-9-20-8-11(12)7-10-3-5-16-6-4-10/h1-6,11-12,17H,7-9H2/t11-,12-/m1/s1. The van der Waals surface area contributed by atoms with Gasteiger partial charge in [-0.2, -0.15) is 0 Å². The van der Waals surface area contributed by atoms with Crippen LogP contribution in [0.1, 0.15) is 5.56 Å². The van der Waals surface area contributed by atoms with E-state index < -0.39 is 10.0 Å². The first-order chi connectivity index (χ1) is 10.5. The molecule has 0 unspecified atom stereocenters. The van der Waals surface area contributed by atoms with Crippen LogP contribution in [0, 0.1) is 5.92 Å². The third-order valence-electron chi connectivity index (χ3n) is 3.57. The van der Waals surface area contributed by atoms with E-state index >= 15 is 0 Å². The van der Waals surface area contributed by atoms with Crippen LogP contribution in [0.5, 0.6) is 0 Å². The molecule has 1 aliphatic heterocycles. The Labute approximate surface area is 138 Å². The Morgan fingerprint density at radius 2 is 2.05 bits per heavy atom. The second-order valence-electron chi connectivity index (χ2n) is 5.14. The van der Waals surface area contributed by atoms with Gasteiger partial charge in [0.1, 0.15) is 4.21 Å². The van der Waals surface area contributed by atoms with Crippen LogP contribution >= 0.6 is 22.9 Å². The van der Waals surface area contributed by atoms with Gasteiger partial charge in [-0.25, -0.2) is 13.1 Å². The van der Waals surface area contributed by atoms with E-state index in [9.17, 15) is 8.42 Å². The summed E-state index contributed by atoms with van der Waals surface area (Å²) >= 11 is 6.86. The molecule has 22 heavy (non-hydrogen) atoms. The summed E-state index contributed by atoms with van der Waals surface area (Å²) in [6.45, 7) is 0.925. The fourth-order valence-electron chi connectivity index (χ4n) is 2.45. The SMILES string of the molecule is O=S(=O)(N[C@@H]1COC[C@H]1Cc1ccncc1)c1ccc(Cl)s1. The number of pyridine rings is 1. The number of hydrogen-bond acceptors (Lipinski definition) is 5. The molecule has 0 spiro atoms. The van der Waals surface area contributed by atoms with Crippen molar-refractivity contribution in [3.05, 3.63) is 46.6 Å². The molecule has 0 bridgehead atoms. The highest BCUT2D eigenvalue weighted by Crippen LogP contribution is 2.27. The number of hydrogen-bond donors (Lipinski definition) is 1. The third-order valence-corrected chi connectivity index (χ3v) is 6.78. The highest BCUT2D eigenvalue weighted by atomic mass is 35.5. The van der Waals surface area contributed by atoms with Crippen LogP contribution < -0.4 is 4.72 Å². The average molecular weight is 359 g/mol. The Morgan fingerprint density at radius 3 is 2.73 bits per heavy atom. The maximum absolute atomic E-state index is 12.4. The van der Waals surface area contributed by atoms with Crippen molar-refractivity contribution in [1.29, 1.82) is 0 Å². The van der Waals surface area contributed by atoms with Crippen LogP contribution in [0.15, 0.2) is 40.9 Å². The van der Waals surface area contributed by atoms with E-state index in [4.69, 9.17) is 16.3 Å². The molecule has 5 nitrogen and oxygen atoms in total. The largest absolute Gasteiger partial charge is 0.379 e. The molecule has 1 aliphatic rings. The van der Waals surface area contributed by atoms with Crippen LogP contribution in [0.25, 0.3) is 0 Å². The third kappa shape index (κ3) is 3.67. The Morgan fingerprint density at radius 1 is 1.27 bits per heavy atom. The van der Waals surface area contributed by atoms with E-state index in [1.807, 2.05) is 12.1 Å². The van der Waals surface area contributed by atoms with Gasteiger partial charge in [0.2, 0.25) is 10.0 Å². The quantitative estimate of drug-likeness (QED) is 0.890. The van der Waals surface area contributed by atoms with Gasteiger partial charge in [-0.15, -0.1) is 11.3 Å². The lowest BCUT2D eigenvalue weighted by molar-refractivity contribution is 0.183. The van der Waals surface area contributed by atoms with Crippen LogP contribution in [-0.4, -0.2) is 32.7 Å². The maximum atomic E-state index is 12.4. The molecular weight excluding hydrogens is 344 g/mol. The van der Waals surface area contributed by atoms with E-state index in [0.29, 0.717) is 17.6 Å². The fourth-order valence-corrected chi connectivity index (χ4v) is 5.24. The molecule has 118 valence electrons. The molecule has 1 saturated heterocycles. The van der Waals surface area contributed by atoms with E-state index in [1.165, 1.54) is 6.07 Å². The van der Waals surface area contributed by atoms with Crippen molar-refractivity contribution in [2.24, 2.45) is 5.92 Å². The highest BCUT2D eigenvalue weighted by Gasteiger charge is 2.32. The Balaban J connectivity index is 1.71. The van der Waals surface area contributed by atoms with Crippen molar-refractivity contribution in [3.63, 3.8) is 0 Å². The molecule has 3 heterocycles. The summed E-state index contributed by atoms with van der Waals surface area (Å²) in [5.74, 6) is 0.104. The van der Waals surface area contributed by atoms with E-state index in [-0.39, 0.29) is 16.2 Å². The predicted molar refractivity (Wildman–Crippen MR) is 85.7 cm³/mol. The van der Waals surface area contributed by atoms with Gasteiger partial charge in [-0.3, -0.25) is 4.98 Å². The monoisotopic (exact) mass is 358 g/mol. The van der Waals surface area contributed by atoms with Gasteiger partial charge in [0.15, 0.2) is 0 Å².